The first-order valence-electron chi connectivity index (χ1n) is 6.60. The molecule has 1 heterocycles. The molecule has 2 amide bonds. The van der Waals surface area contributed by atoms with E-state index in [1.165, 1.54) is 24.3 Å². The third-order valence-corrected chi connectivity index (χ3v) is 4.74. The molecule has 0 radical (unpaired) electrons. The fourth-order valence-corrected chi connectivity index (χ4v) is 3.69. The normalized spacial score (nSPS) is 16.9. The number of amides is 2. The zero-order chi connectivity index (χ0) is 18.7. The third-order valence-electron chi connectivity index (χ3n) is 3.54. The molecule has 4 nitrogen and oxygen atoms in total. The van der Waals surface area contributed by atoms with Crippen LogP contribution in [0, 0.1) is 11.3 Å². The molecule has 2 aromatic rings. The maximum Gasteiger partial charge on any atom is 0.313 e. The fourth-order valence-electron chi connectivity index (χ4n) is 2.60. The number of fused-ring (bicyclic) bond motifs is 1. The summed E-state index contributed by atoms with van der Waals surface area (Å²) in [6.45, 7) is 0. The molecule has 0 fully saturated rings. The lowest BCUT2D eigenvalue weighted by molar-refractivity contribution is 0.0925. The van der Waals surface area contributed by atoms with Crippen LogP contribution in [-0.4, -0.2) is 11.8 Å². The van der Waals surface area contributed by atoms with Crippen molar-refractivity contribution >= 4 is 27.7 Å². The van der Waals surface area contributed by atoms with Gasteiger partial charge in [0.2, 0.25) is 0 Å². The van der Waals surface area contributed by atoms with Crippen LogP contribution in [0.3, 0.4) is 0 Å². The summed E-state index contributed by atoms with van der Waals surface area (Å²) in [5.74, 6) is -2.34. The molecule has 0 atom stereocenters. The Morgan fingerprint density at radius 3 is 1.80 bits per heavy atom. The average Bonchev–Trinajstić information content (AvgIpc) is 2.76. The smallest absolute Gasteiger partial charge is 0.268 e. The highest BCUT2D eigenvalue weighted by atomic mass is 32.5. The molecule has 3 rings (SSSR count). The number of anilines is 1. The van der Waals surface area contributed by atoms with E-state index in [0.717, 1.165) is 12.1 Å². The van der Waals surface area contributed by atoms with Crippen molar-refractivity contribution in [2.75, 3.05) is 4.90 Å². The highest BCUT2D eigenvalue weighted by molar-refractivity contribution is 8.46. The molecule has 1 aliphatic heterocycles. The quantitative estimate of drug-likeness (QED) is 0.548. The SMILES string of the molecule is N#Cc1cccc(N2C(=O)c3ccccc3C2=O)c1S(F)(F)(F)(F)F. The Morgan fingerprint density at radius 2 is 1.36 bits per heavy atom. The van der Waals surface area contributed by atoms with Gasteiger partial charge in [0, 0.05) is 0 Å². The van der Waals surface area contributed by atoms with Gasteiger partial charge >= 0.3 is 10.2 Å². The molecule has 0 aromatic heterocycles. The highest BCUT2D eigenvalue weighted by Crippen LogP contribution is 3.03. The van der Waals surface area contributed by atoms with Crippen LogP contribution < -0.4 is 4.90 Å². The highest BCUT2D eigenvalue weighted by Gasteiger charge is 2.69. The number of nitrogens with zero attached hydrogens (tertiary/aromatic N) is 2. The number of imide groups is 1. The number of rotatable bonds is 2. The van der Waals surface area contributed by atoms with Gasteiger partial charge in [-0.15, -0.1) is 0 Å². The van der Waals surface area contributed by atoms with Crippen molar-refractivity contribution in [3.05, 3.63) is 59.2 Å². The predicted molar refractivity (Wildman–Crippen MR) is 80.1 cm³/mol. The van der Waals surface area contributed by atoms with E-state index in [9.17, 15) is 29.0 Å². The lowest BCUT2D eigenvalue weighted by Crippen LogP contribution is -2.31. The number of nitriles is 1. The van der Waals surface area contributed by atoms with E-state index in [2.05, 4.69) is 0 Å². The number of halogens is 5. The molecular formula is C15H7F5N2O2S. The molecular weight excluding hydrogens is 367 g/mol. The average molecular weight is 374 g/mol. The summed E-state index contributed by atoms with van der Waals surface area (Å²) in [4.78, 5) is 22.1. The van der Waals surface area contributed by atoms with E-state index < -0.39 is 38.2 Å². The molecule has 25 heavy (non-hydrogen) atoms. The Balaban J connectivity index is 2.34. The monoisotopic (exact) mass is 374 g/mol. The van der Waals surface area contributed by atoms with Gasteiger partial charge in [0.15, 0.2) is 0 Å². The molecule has 0 saturated carbocycles. The largest absolute Gasteiger partial charge is 0.313 e. The van der Waals surface area contributed by atoms with Gasteiger partial charge in [0.05, 0.1) is 22.4 Å². The zero-order valence-corrected chi connectivity index (χ0v) is 12.9. The van der Waals surface area contributed by atoms with E-state index in [-0.39, 0.29) is 16.0 Å². The first-order chi connectivity index (χ1) is 11.3. The number of hydrogen-bond donors (Lipinski definition) is 0. The van der Waals surface area contributed by atoms with Crippen LogP contribution in [0.15, 0.2) is 47.4 Å². The Hall–Kier alpha value is -2.93. The van der Waals surface area contributed by atoms with E-state index in [4.69, 9.17) is 5.26 Å². The van der Waals surface area contributed by atoms with Gasteiger partial charge < -0.3 is 0 Å². The van der Waals surface area contributed by atoms with E-state index in [0.29, 0.717) is 12.1 Å². The molecule has 0 aliphatic carbocycles. The van der Waals surface area contributed by atoms with Gasteiger partial charge in [0.1, 0.15) is 11.0 Å². The van der Waals surface area contributed by atoms with Crippen molar-refractivity contribution in [3.63, 3.8) is 0 Å². The summed E-state index contributed by atoms with van der Waals surface area (Å²) in [7, 11) is -10.4. The Bertz CT molecular complexity index is 961. The van der Waals surface area contributed by atoms with Crippen LogP contribution in [0.2, 0.25) is 0 Å². The van der Waals surface area contributed by atoms with Gasteiger partial charge in [-0.25, -0.2) is 4.90 Å². The summed E-state index contributed by atoms with van der Waals surface area (Å²) in [6, 6.07) is 8.21. The van der Waals surface area contributed by atoms with E-state index >= 15 is 0 Å². The van der Waals surface area contributed by atoms with Gasteiger partial charge in [-0.2, -0.15) is 5.26 Å². The van der Waals surface area contributed by atoms with Gasteiger partial charge in [0.25, 0.3) is 11.8 Å². The minimum Gasteiger partial charge on any atom is -0.268 e. The number of carbonyl (C=O) groups is 2. The molecule has 10 heteroatoms. The first-order valence-corrected chi connectivity index (χ1v) is 8.55. The molecule has 2 aromatic carbocycles. The molecule has 0 bridgehead atoms. The summed E-state index contributed by atoms with van der Waals surface area (Å²) < 4.78 is 67.5. The molecule has 0 spiro atoms. The summed E-state index contributed by atoms with van der Waals surface area (Å²) >= 11 is 0. The van der Waals surface area contributed by atoms with Crippen LogP contribution >= 0.6 is 10.2 Å². The number of carbonyl (C=O) groups excluding carboxylic acids is 2. The molecule has 0 saturated heterocycles. The van der Waals surface area contributed by atoms with Crippen molar-refractivity contribution in [1.29, 1.82) is 5.26 Å². The lowest BCUT2D eigenvalue weighted by atomic mass is 10.1. The Morgan fingerprint density at radius 1 is 0.840 bits per heavy atom. The predicted octanol–water partition coefficient (Wildman–Crippen LogP) is 5.02. The first kappa shape index (κ1) is 16.9. The van der Waals surface area contributed by atoms with Crippen molar-refractivity contribution in [2.45, 2.75) is 4.90 Å². The molecule has 1 aliphatic rings. The Kier molecular flexibility index (Phi) is 2.96. The van der Waals surface area contributed by atoms with E-state index in [1.54, 1.807) is 0 Å². The topological polar surface area (TPSA) is 61.2 Å². The summed E-state index contributed by atoms with van der Waals surface area (Å²) in [5, 5.41) is 8.83. The standard InChI is InChI=1S/C15H7F5N2O2S/c16-25(17,18,19,20)13-9(8-21)4-3-7-12(13)22-14(23)10-5-1-2-6-11(10)15(22)24/h1-7H. The second-order valence-electron chi connectivity index (χ2n) is 5.23. The number of benzene rings is 2. The molecule has 0 unspecified atom stereocenters. The van der Waals surface area contributed by atoms with Crippen LogP contribution in [0.5, 0.6) is 0 Å². The van der Waals surface area contributed by atoms with Crippen molar-refractivity contribution in [1.82, 2.24) is 0 Å². The second kappa shape index (κ2) is 4.37. The molecule has 0 N–H and O–H groups in total. The Labute approximate surface area is 137 Å². The van der Waals surface area contributed by atoms with Crippen molar-refractivity contribution < 1.29 is 29.0 Å². The zero-order valence-electron chi connectivity index (χ0n) is 12.1. The number of hydrogen-bond acceptors (Lipinski definition) is 3. The lowest BCUT2D eigenvalue weighted by Gasteiger charge is -2.42. The van der Waals surface area contributed by atoms with Crippen molar-refractivity contribution in [3.8, 4) is 6.07 Å². The summed E-state index contributed by atoms with van der Waals surface area (Å²) in [6.07, 6.45) is 0. The van der Waals surface area contributed by atoms with E-state index in [1.807, 2.05) is 0 Å². The van der Waals surface area contributed by atoms with Gasteiger partial charge in [-0.3, -0.25) is 9.59 Å². The van der Waals surface area contributed by atoms with Crippen LogP contribution in [-0.2, 0) is 0 Å². The second-order valence-corrected chi connectivity index (χ2v) is 7.57. The van der Waals surface area contributed by atoms with Crippen molar-refractivity contribution in [2.24, 2.45) is 0 Å². The fraction of sp³-hybridized carbons (Fsp3) is 0. The maximum atomic E-state index is 13.5. The van der Waals surface area contributed by atoms with Crippen LogP contribution in [0.25, 0.3) is 0 Å². The molecule has 130 valence electrons. The maximum absolute atomic E-state index is 13.5. The van der Waals surface area contributed by atoms with Crippen LogP contribution in [0.4, 0.5) is 25.1 Å². The third kappa shape index (κ3) is 2.62. The van der Waals surface area contributed by atoms with Crippen LogP contribution in [0.1, 0.15) is 26.3 Å². The minimum atomic E-state index is -10.4. The van der Waals surface area contributed by atoms with Gasteiger partial charge in [-0.1, -0.05) is 37.6 Å². The summed E-state index contributed by atoms with van der Waals surface area (Å²) in [5.41, 5.74) is -3.14. The minimum absolute atomic E-state index is 0.0265. The van der Waals surface area contributed by atoms with Gasteiger partial charge in [-0.05, 0) is 24.3 Å².